The highest BCUT2D eigenvalue weighted by Crippen LogP contribution is 2.28. The van der Waals surface area contributed by atoms with Gasteiger partial charge in [0.05, 0.1) is 22.2 Å². The monoisotopic (exact) mass is 349 g/mol. The summed E-state index contributed by atoms with van der Waals surface area (Å²) >= 11 is 11.5. The Morgan fingerprint density at radius 1 is 1.33 bits per heavy atom. The van der Waals surface area contributed by atoms with E-state index in [9.17, 15) is 13.2 Å². The van der Waals surface area contributed by atoms with E-state index in [0.717, 1.165) is 12.1 Å². The predicted molar refractivity (Wildman–Crippen MR) is 76.0 cm³/mol. The maximum absolute atomic E-state index is 12.2. The molecule has 3 N–H and O–H groups in total. The lowest BCUT2D eigenvalue weighted by Crippen LogP contribution is -2.24. The van der Waals surface area contributed by atoms with E-state index in [1.807, 2.05) is 0 Å². The van der Waals surface area contributed by atoms with Gasteiger partial charge in [-0.1, -0.05) is 23.2 Å². The molecule has 112 valence electrons. The van der Waals surface area contributed by atoms with Gasteiger partial charge in [0.1, 0.15) is 10.7 Å². The highest BCUT2D eigenvalue weighted by Gasteiger charge is 2.22. The average molecular weight is 350 g/mol. The minimum atomic E-state index is -4.00. The Morgan fingerprint density at radius 2 is 2.05 bits per heavy atom. The number of aromatic nitrogens is 2. The molecule has 21 heavy (non-hydrogen) atoms. The molecule has 0 aliphatic carbocycles. The first-order valence-electron chi connectivity index (χ1n) is 5.51. The zero-order valence-electron chi connectivity index (χ0n) is 10.3. The van der Waals surface area contributed by atoms with Gasteiger partial charge in [0, 0.05) is 12.4 Å². The summed E-state index contributed by atoms with van der Waals surface area (Å²) in [5.74, 6) is -0.943. The highest BCUT2D eigenvalue weighted by atomic mass is 35.5. The Bertz CT molecular complexity index is 775. The smallest absolute Gasteiger partial charge is 0.337 e. The van der Waals surface area contributed by atoms with Crippen molar-refractivity contribution in [3.63, 3.8) is 0 Å². The molecule has 1 heterocycles. The number of sulfonamides is 1. The molecule has 0 aliphatic rings. The van der Waals surface area contributed by atoms with Gasteiger partial charge in [-0.05, 0) is 12.1 Å². The Labute approximate surface area is 130 Å². The number of nitrogens with one attached hydrogen (secondary N) is 2. The van der Waals surface area contributed by atoms with E-state index in [1.165, 1.54) is 6.20 Å². The molecular formula is C11H9Cl2N3O4S. The van der Waals surface area contributed by atoms with E-state index in [2.05, 4.69) is 14.7 Å². The maximum Gasteiger partial charge on any atom is 0.337 e. The van der Waals surface area contributed by atoms with Crippen molar-refractivity contribution >= 4 is 39.2 Å². The number of H-pyrrole nitrogens is 1. The second-order valence-corrected chi connectivity index (χ2v) is 6.48. The second kappa shape index (κ2) is 6.02. The number of aromatic carboxylic acids is 1. The number of imidazole rings is 1. The van der Waals surface area contributed by atoms with Crippen LogP contribution in [0.5, 0.6) is 0 Å². The quantitative estimate of drug-likeness (QED) is 0.762. The number of rotatable bonds is 5. The zero-order valence-corrected chi connectivity index (χ0v) is 12.6. The molecule has 7 nitrogen and oxygen atoms in total. The van der Waals surface area contributed by atoms with Gasteiger partial charge in [-0.3, -0.25) is 0 Å². The zero-order chi connectivity index (χ0) is 15.6. The first-order chi connectivity index (χ1) is 9.81. The van der Waals surface area contributed by atoms with Crippen molar-refractivity contribution in [2.45, 2.75) is 11.4 Å². The molecule has 0 saturated heterocycles. The van der Waals surface area contributed by atoms with Crippen LogP contribution >= 0.6 is 23.2 Å². The normalized spacial score (nSPS) is 11.5. The van der Waals surface area contributed by atoms with Gasteiger partial charge in [0.15, 0.2) is 0 Å². The van der Waals surface area contributed by atoms with Gasteiger partial charge in [-0.15, -0.1) is 0 Å². The molecule has 0 unspecified atom stereocenters. The van der Waals surface area contributed by atoms with Crippen LogP contribution in [0.3, 0.4) is 0 Å². The Hall–Kier alpha value is -1.61. The average Bonchev–Trinajstić information content (AvgIpc) is 2.88. The van der Waals surface area contributed by atoms with E-state index in [1.54, 1.807) is 6.20 Å². The van der Waals surface area contributed by atoms with Crippen LogP contribution in [0, 0.1) is 0 Å². The maximum atomic E-state index is 12.2. The Balaban J connectivity index is 2.35. The summed E-state index contributed by atoms with van der Waals surface area (Å²) in [6.45, 7) is -0.0866. The lowest BCUT2D eigenvalue weighted by atomic mass is 10.2. The lowest BCUT2D eigenvalue weighted by Gasteiger charge is -2.09. The number of carboxylic acid groups (broad SMARTS) is 1. The Kier molecular flexibility index (Phi) is 4.52. The molecule has 10 heteroatoms. The number of carboxylic acids is 1. The third-order valence-electron chi connectivity index (χ3n) is 2.53. The van der Waals surface area contributed by atoms with E-state index in [-0.39, 0.29) is 27.0 Å². The molecular weight excluding hydrogens is 341 g/mol. The summed E-state index contributed by atoms with van der Waals surface area (Å²) in [6.07, 6.45) is 3.02. The topological polar surface area (TPSA) is 112 Å². The van der Waals surface area contributed by atoms with Crippen molar-refractivity contribution in [3.8, 4) is 0 Å². The third-order valence-corrected chi connectivity index (χ3v) is 4.70. The molecule has 0 amide bonds. The third kappa shape index (κ3) is 3.53. The van der Waals surface area contributed by atoms with Crippen molar-refractivity contribution in [2.24, 2.45) is 0 Å². The highest BCUT2D eigenvalue weighted by molar-refractivity contribution is 7.89. The van der Waals surface area contributed by atoms with E-state index < -0.39 is 16.0 Å². The number of nitrogens with zero attached hydrogens (tertiary/aromatic N) is 1. The van der Waals surface area contributed by atoms with Crippen LogP contribution in [0.4, 0.5) is 0 Å². The lowest BCUT2D eigenvalue weighted by molar-refractivity contribution is 0.0697. The minimum Gasteiger partial charge on any atom is -0.478 e. The van der Waals surface area contributed by atoms with Crippen LogP contribution in [0.1, 0.15) is 16.2 Å². The molecule has 1 aromatic heterocycles. The van der Waals surface area contributed by atoms with Crippen LogP contribution < -0.4 is 4.72 Å². The second-order valence-electron chi connectivity index (χ2n) is 3.93. The van der Waals surface area contributed by atoms with Crippen molar-refractivity contribution in [1.82, 2.24) is 14.7 Å². The molecule has 0 atom stereocenters. The predicted octanol–water partition coefficient (Wildman–Crippen LogP) is 1.89. The number of halogens is 2. The molecule has 0 aliphatic heterocycles. The Morgan fingerprint density at radius 3 is 2.62 bits per heavy atom. The standard InChI is InChI=1S/C11H9Cl2N3O4S/c12-7-4-8(13)9(3-6(7)11(17)18)21(19,20)16-5-10-14-1-2-15-10/h1-4,16H,5H2,(H,14,15)(H,17,18). The number of benzene rings is 1. The van der Waals surface area contributed by atoms with Crippen molar-refractivity contribution < 1.29 is 18.3 Å². The fourth-order valence-electron chi connectivity index (χ4n) is 1.53. The van der Waals surface area contributed by atoms with Gasteiger partial charge < -0.3 is 10.1 Å². The van der Waals surface area contributed by atoms with Crippen LogP contribution in [-0.4, -0.2) is 29.5 Å². The molecule has 1 aromatic carbocycles. The summed E-state index contributed by atoms with van der Waals surface area (Å²) in [4.78, 5) is 17.2. The first kappa shape index (κ1) is 15.8. The fourth-order valence-corrected chi connectivity index (χ4v) is 3.37. The SMILES string of the molecule is O=C(O)c1cc(S(=O)(=O)NCc2ncc[nH]2)c(Cl)cc1Cl. The summed E-state index contributed by atoms with van der Waals surface area (Å²) < 4.78 is 26.6. The van der Waals surface area contributed by atoms with Crippen LogP contribution in [-0.2, 0) is 16.6 Å². The van der Waals surface area contributed by atoms with Gasteiger partial charge >= 0.3 is 5.97 Å². The summed E-state index contributed by atoms with van der Waals surface area (Å²) in [5, 5.41) is 8.66. The van der Waals surface area contributed by atoms with E-state index >= 15 is 0 Å². The van der Waals surface area contributed by atoms with Crippen LogP contribution in [0.2, 0.25) is 10.0 Å². The number of hydrogen-bond acceptors (Lipinski definition) is 4. The molecule has 0 spiro atoms. The van der Waals surface area contributed by atoms with Crippen molar-refractivity contribution in [2.75, 3.05) is 0 Å². The number of hydrogen-bond donors (Lipinski definition) is 3. The summed E-state index contributed by atoms with van der Waals surface area (Å²) in [7, 11) is -4.00. The first-order valence-corrected chi connectivity index (χ1v) is 7.75. The molecule has 0 radical (unpaired) electrons. The number of aromatic amines is 1. The fraction of sp³-hybridized carbons (Fsp3) is 0.0909. The number of carbonyl (C=O) groups is 1. The van der Waals surface area contributed by atoms with Crippen LogP contribution in [0.15, 0.2) is 29.4 Å². The summed E-state index contributed by atoms with van der Waals surface area (Å²) in [5.41, 5.74) is -0.348. The molecule has 2 aromatic rings. The van der Waals surface area contributed by atoms with Crippen molar-refractivity contribution in [3.05, 3.63) is 46.0 Å². The van der Waals surface area contributed by atoms with E-state index in [0.29, 0.717) is 5.82 Å². The minimum absolute atomic E-state index is 0.0866. The van der Waals surface area contributed by atoms with E-state index in [4.69, 9.17) is 28.3 Å². The van der Waals surface area contributed by atoms with Gasteiger partial charge in [0.2, 0.25) is 10.0 Å². The summed E-state index contributed by atoms with van der Waals surface area (Å²) in [6, 6.07) is 1.99. The van der Waals surface area contributed by atoms with Gasteiger partial charge in [-0.2, -0.15) is 0 Å². The molecule has 0 fully saturated rings. The molecule has 2 rings (SSSR count). The van der Waals surface area contributed by atoms with Gasteiger partial charge in [0.25, 0.3) is 0 Å². The molecule has 0 bridgehead atoms. The van der Waals surface area contributed by atoms with Crippen molar-refractivity contribution in [1.29, 1.82) is 0 Å². The molecule has 0 saturated carbocycles. The van der Waals surface area contributed by atoms with Crippen LogP contribution in [0.25, 0.3) is 0 Å². The van der Waals surface area contributed by atoms with Gasteiger partial charge in [-0.25, -0.2) is 22.9 Å². The largest absolute Gasteiger partial charge is 0.478 e.